The van der Waals surface area contributed by atoms with Gasteiger partial charge in [0.2, 0.25) is 5.91 Å². The first kappa shape index (κ1) is 13.6. The summed E-state index contributed by atoms with van der Waals surface area (Å²) in [5, 5.41) is 6.05. The highest BCUT2D eigenvalue weighted by Gasteiger charge is 2.33. The number of aryl methyl sites for hydroxylation is 1. The van der Waals surface area contributed by atoms with Gasteiger partial charge in [-0.3, -0.25) is 4.79 Å². The minimum absolute atomic E-state index is 0.00928. The Hall–Kier alpha value is -1.85. The Balaban J connectivity index is 2.17. The van der Waals surface area contributed by atoms with E-state index in [4.69, 9.17) is 4.74 Å². The van der Waals surface area contributed by atoms with Crippen LogP contribution in [-0.4, -0.2) is 36.1 Å². The number of methoxy groups -OCH3 is 1. The van der Waals surface area contributed by atoms with Gasteiger partial charge in [-0.2, -0.15) is 0 Å². The lowest BCUT2D eigenvalue weighted by molar-refractivity contribution is -0.124. The van der Waals surface area contributed by atoms with Crippen LogP contribution in [0, 0.1) is 12.8 Å². The smallest absolute Gasteiger partial charge is 0.224 e. The highest BCUT2D eigenvalue weighted by atomic mass is 16.5. The molecule has 0 aliphatic heterocycles. The van der Waals surface area contributed by atoms with Crippen molar-refractivity contribution in [1.82, 2.24) is 15.3 Å². The molecule has 0 bridgehead atoms. The van der Waals surface area contributed by atoms with Gasteiger partial charge in [0.25, 0.3) is 0 Å². The summed E-state index contributed by atoms with van der Waals surface area (Å²) >= 11 is 0. The minimum Gasteiger partial charge on any atom is -0.491 e. The summed E-state index contributed by atoms with van der Waals surface area (Å²) in [5.74, 6) is 1.38. The van der Waals surface area contributed by atoms with Gasteiger partial charge in [0.1, 0.15) is 6.33 Å². The Kier molecular flexibility index (Phi) is 4.19. The van der Waals surface area contributed by atoms with Gasteiger partial charge in [0, 0.05) is 13.1 Å². The van der Waals surface area contributed by atoms with Gasteiger partial charge in [0.05, 0.1) is 18.7 Å². The summed E-state index contributed by atoms with van der Waals surface area (Å²) in [6.07, 6.45) is 4.42. The number of carbonyl (C=O) groups excluding carboxylic acids is 1. The number of nitrogens with one attached hydrogen (secondary N) is 2. The van der Waals surface area contributed by atoms with Crippen molar-refractivity contribution in [3.8, 4) is 5.75 Å². The summed E-state index contributed by atoms with van der Waals surface area (Å²) in [6, 6.07) is 0.100. The predicted octanol–water partition coefficient (Wildman–Crippen LogP) is 1.12. The van der Waals surface area contributed by atoms with Crippen LogP contribution in [0.1, 0.15) is 25.0 Å². The molecule has 1 fully saturated rings. The van der Waals surface area contributed by atoms with Crippen molar-refractivity contribution >= 4 is 11.7 Å². The van der Waals surface area contributed by atoms with Crippen molar-refractivity contribution in [1.29, 1.82) is 0 Å². The number of aromatic nitrogens is 2. The number of amides is 1. The molecule has 1 heterocycles. The van der Waals surface area contributed by atoms with Gasteiger partial charge < -0.3 is 15.4 Å². The van der Waals surface area contributed by atoms with Crippen molar-refractivity contribution in [2.45, 2.75) is 32.2 Å². The fourth-order valence-corrected chi connectivity index (χ4v) is 2.62. The summed E-state index contributed by atoms with van der Waals surface area (Å²) in [7, 11) is 3.27. The molecule has 1 aromatic rings. The zero-order chi connectivity index (χ0) is 13.8. The van der Waals surface area contributed by atoms with Crippen molar-refractivity contribution in [3.63, 3.8) is 0 Å². The van der Waals surface area contributed by atoms with Crippen LogP contribution in [0.3, 0.4) is 0 Å². The van der Waals surface area contributed by atoms with E-state index in [9.17, 15) is 4.79 Å². The fourth-order valence-electron chi connectivity index (χ4n) is 2.62. The molecule has 0 aromatic carbocycles. The number of nitrogens with zero attached hydrogens (tertiary/aromatic N) is 2. The Morgan fingerprint density at radius 2 is 2.21 bits per heavy atom. The van der Waals surface area contributed by atoms with E-state index in [1.165, 1.54) is 6.33 Å². The zero-order valence-corrected chi connectivity index (χ0v) is 11.6. The van der Waals surface area contributed by atoms with Crippen LogP contribution in [0.4, 0.5) is 5.82 Å². The van der Waals surface area contributed by atoms with E-state index in [-0.39, 0.29) is 17.9 Å². The van der Waals surface area contributed by atoms with Crippen molar-refractivity contribution < 1.29 is 9.53 Å². The summed E-state index contributed by atoms with van der Waals surface area (Å²) in [4.78, 5) is 20.1. The highest BCUT2D eigenvalue weighted by Crippen LogP contribution is 2.31. The zero-order valence-electron chi connectivity index (χ0n) is 11.6. The van der Waals surface area contributed by atoms with Gasteiger partial charge in [-0.05, 0) is 19.8 Å². The molecule has 0 spiro atoms. The van der Waals surface area contributed by atoms with Crippen LogP contribution in [0.25, 0.3) is 0 Å². The topological polar surface area (TPSA) is 76.1 Å². The Bertz CT molecular complexity index is 464. The molecule has 1 amide bonds. The molecule has 2 rings (SSSR count). The van der Waals surface area contributed by atoms with Crippen LogP contribution in [-0.2, 0) is 4.79 Å². The van der Waals surface area contributed by atoms with E-state index in [2.05, 4.69) is 20.6 Å². The number of rotatable bonds is 4. The normalized spacial score (nSPS) is 22.1. The highest BCUT2D eigenvalue weighted by molar-refractivity contribution is 5.80. The van der Waals surface area contributed by atoms with Crippen LogP contribution in [0.2, 0.25) is 0 Å². The molecule has 2 unspecified atom stereocenters. The van der Waals surface area contributed by atoms with Gasteiger partial charge in [-0.25, -0.2) is 9.97 Å². The summed E-state index contributed by atoms with van der Waals surface area (Å²) in [6.45, 7) is 1.87. The number of ether oxygens (including phenoxy) is 1. The number of carbonyl (C=O) groups is 1. The maximum Gasteiger partial charge on any atom is 0.224 e. The van der Waals surface area contributed by atoms with Gasteiger partial charge in [-0.15, -0.1) is 0 Å². The van der Waals surface area contributed by atoms with Gasteiger partial charge >= 0.3 is 0 Å². The van der Waals surface area contributed by atoms with E-state index in [0.717, 1.165) is 25.0 Å². The lowest BCUT2D eigenvalue weighted by atomic mass is 10.0. The number of hydrogen-bond acceptors (Lipinski definition) is 5. The van der Waals surface area contributed by atoms with Crippen LogP contribution in [0.15, 0.2) is 6.33 Å². The summed E-state index contributed by atoms with van der Waals surface area (Å²) in [5.41, 5.74) is 0.787. The SMILES string of the molecule is CNC(=O)C1CCCC1Nc1ncnc(C)c1OC. The van der Waals surface area contributed by atoms with E-state index < -0.39 is 0 Å². The Labute approximate surface area is 113 Å². The predicted molar refractivity (Wildman–Crippen MR) is 72.1 cm³/mol. The number of anilines is 1. The Morgan fingerprint density at radius 3 is 2.89 bits per heavy atom. The van der Waals surface area contributed by atoms with Crippen LogP contribution >= 0.6 is 0 Å². The van der Waals surface area contributed by atoms with E-state index in [0.29, 0.717) is 11.6 Å². The standard InChI is InChI=1S/C13H20N4O2/c1-8-11(19-3)12(16-7-15-8)17-10-6-4-5-9(10)13(18)14-2/h7,9-10H,4-6H2,1-3H3,(H,14,18)(H,15,16,17). The van der Waals surface area contributed by atoms with Crippen molar-refractivity contribution in [2.24, 2.45) is 5.92 Å². The third-order valence-electron chi connectivity index (χ3n) is 3.61. The monoisotopic (exact) mass is 264 g/mol. The van der Waals surface area contributed by atoms with Crippen LogP contribution in [0.5, 0.6) is 5.75 Å². The average molecular weight is 264 g/mol. The molecule has 6 heteroatoms. The van der Waals surface area contributed by atoms with E-state index in [1.54, 1.807) is 14.2 Å². The largest absolute Gasteiger partial charge is 0.491 e. The van der Waals surface area contributed by atoms with E-state index >= 15 is 0 Å². The molecule has 1 aliphatic rings. The van der Waals surface area contributed by atoms with Gasteiger partial charge in [0.15, 0.2) is 11.6 Å². The average Bonchev–Trinajstić information content (AvgIpc) is 2.86. The first-order valence-corrected chi connectivity index (χ1v) is 6.51. The molecule has 2 N–H and O–H groups in total. The first-order chi connectivity index (χ1) is 9.17. The molecule has 0 saturated heterocycles. The molecule has 19 heavy (non-hydrogen) atoms. The van der Waals surface area contributed by atoms with Gasteiger partial charge in [-0.1, -0.05) is 6.42 Å². The number of hydrogen-bond donors (Lipinski definition) is 2. The second kappa shape index (κ2) is 5.86. The van der Waals surface area contributed by atoms with Crippen LogP contribution < -0.4 is 15.4 Å². The molecule has 6 nitrogen and oxygen atoms in total. The molecule has 1 saturated carbocycles. The fraction of sp³-hybridized carbons (Fsp3) is 0.615. The maximum absolute atomic E-state index is 11.8. The summed E-state index contributed by atoms with van der Waals surface area (Å²) < 4.78 is 5.32. The van der Waals surface area contributed by atoms with Crippen molar-refractivity contribution in [3.05, 3.63) is 12.0 Å². The third kappa shape index (κ3) is 2.77. The molecule has 2 atom stereocenters. The molecule has 104 valence electrons. The third-order valence-corrected chi connectivity index (χ3v) is 3.61. The maximum atomic E-state index is 11.8. The second-order valence-corrected chi connectivity index (χ2v) is 4.74. The lowest BCUT2D eigenvalue weighted by Gasteiger charge is -2.21. The van der Waals surface area contributed by atoms with E-state index in [1.807, 2.05) is 6.92 Å². The molecule has 1 aromatic heterocycles. The quantitative estimate of drug-likeness (QED) is 0.852. The molecular weight excluding hydrogens is 244 g/mol. The van der Waals surface area contributed by atoms with Crippen molar-refractivity contribution in [2.75, 3.05) is 19.5 Å². The minimum atomic E-state index is -0.00928. The first-order valence-electron chi connectivity index (χ1n) is 6.51. The molecular formula is C13H20N4O2. The second-order valence-electron chi connectivity index (χ2n) is 4.74. The lowest BCUT2D eigenvalue weighted by Crippen LogP contribution is -2.36. The Morgan fingerprint density at radius 1 is 1.42 bits per heavy atom. The molecule has 0 radical (unpaired) electrons. The molecule has 1 aliphatic carbocycles.